The highest BCUT2D eigenvalue weighted by Crippen LogP contribution is 2.55. The molecule has 2 aliphatic carbocycles. The number of rotatable bonds is 7. The van der Waals surface area contributed by atoms with E-state index in [0.717, 1.165) is 43.4 Å². The van der Waals surface area contributed by atoms with E-state index in [4.69, 9.17) is 4.74 Å². The average molecular weight is 309 g/mol. The van der Waals surface area contributed by atoms with E-state index in [2.05, 4.69) is 41.5 Å². The SMILES string of the molecule is CCC(C)(CCCC(C)C)OC(=O)C1CC2CC1C(C)C2C. The van der Waals surface area contributed by atoms with Gasteiger partial charge in [0.1, 0.15) is 5.60 Å². The molecule has 0 aliphatic heterocycles. The van der Waals surface area contributed by atoms with Crippen molar-refractivity contribution in [2.45, 2.75) is 85.7 Å². The van der Waals surface area contributed by atoms with Gasteiger partial charge in [-0.25, -0.2) is 0 Å². The smallest absolute Gasteiger partial charge is 0.309 e. The molecule has 0 aromatic carbocycles. The van der Waals surface area contributed by atoms with Crippen molar-refractivity contribution in [2.24, 2.45) is 35.5 Å². The van der Waals surface area contributed by atoms with E-state index in [9.17, 15) is 4.79 Å². The topological polar surface area (TPSA) is 26.3 Å². The second-order valence-electron chi connectivity index (χ2n) is 8.73. The molecular weight excluding hydrogens is 272 g/mol. The van der Waals surface area contributed by atoms with Gasteiger partial charge < -0.3 is 4.74 Å². The van der Waals surface area contributed by atoms with Gasteiger partial charge in [-0.3, -0.25) is 4.79 Å². The molecule has 2 heteroatoms. The number of hydrogen-bond acceptors (Lipinski definition) is 2. The Morgan fingerprint density at radius 3 is 2.41 bits per heavy atom. The summed E-state index contributed by atoms with van der Waals surface area (Å²) in [5.74, 6) is 3.80. The van der Waals surface area contributed by atoms with Crippen LogP contribution in [0, 0.1) is 35.5 Å². The first-order chi connectivity index (χ1) is 10.3. The molecule has 2 fully saturated rings. The van der Waals surface area contributed by atoms with Crippen LogP contribution in [0.15, 0.2) is 0 Å². The first-order valence-electron chi connectivity index (χ1n) is 9.50. The third-order valence-electron chi connectivity index (χ3n) is 6.78. The number of fused-ring (bicyclic) bond motifs is 2. The van der Waals surface area contributed by atoms with Crippen molar-refractivity contribution in [1.82, 2.24) is 0 Å². The monoisotopic (exact) mass is 308 g/mol. The van der Waals surface area contributed by atoms with Crippen LogP contribution in [0.3, 0.4) is 0 Å². The van der Waals surface area contributed by atoms with Gasteiger partial charge in [-0.1, -0.05) is 41.0 Å². The Morgan fingerprint density at radius 2 is 1.91 bits per heavy atom. The molecule has 2 saturated carbocycles. The average Bonchev–Trinajstić information content (AvgIpc) is 2.99. The highest BCUT2D eigenvalue weighted by molar-refractivity contribution is 5.74. The molecule has 6 unspecified atom stereocenters. The molecule has 0 aromatic heterocycles. The number of hydrogen-bond donors (Lipinski definition) is 0. The van der Waals surface area contributed by atoms with E-state index in [1.54, 1.807) is 0 Å². The van der Waals surface area contributed by atoms with Crippen LogP contribution in [-0.4, -0.2) is 11.6 Å². The third kappa shape index (κ3) is 3.68. The van der Waals surface area contributed by atoms with E-state index >= 15 is 0 Å². The molecule has 128 valence electrons. The lowest BCUT2D eigenvalue weighted by atomic mass is 9.75. The fraction of sp³-hybridized carbons (Fsp3) is 0.950. The summed E-state index contributed by atoms with van der Waals surface area (Å²) < 4.78 is 6.05. The summed E-state index contributed by atoms with van der Waals surface area (Å²) in [6, 6.07) is 0. The largest absolute Gasteiger partial charge is 0.459 e. The predicted molar refractivity (Wildman–Crippen MR) is 91.5 cm³/mol. The maximum atomic E-state index is 12.7. The van der Waals surface area contributed by atoms with Crippen LogP contribution in [0.2, 0.25) is 0 Å². The van der Waals surface area contributed by atoms with Gasteiger partial charge in [-0.15, -0.1) is 0 Å². The van der Waals surface area contributed by atoms with Crippen molar-refractivity contribution in [3.63, 3.8) is 0 Å². The van der Waals surface area contributed by atoms with Crippen LogP contribution in [0.25, 0.3) is 0 Å². The minimum atomic E-state index is -0.261. The van der Waals surface area contributed by atoms with E-state index in [1.165, 1.54) is 12.8 Å². The fourth-order valence-corrected chi connectivity index (χ4v) is 4.71. The van der Waals surface area contributed by atoms with Gasteiger partial charge in [-0.2, -0.15) is 0 Å². The Bertz CT molecular complexity index is 387. The predicted octanol–water partition coefficient (Wildman–Crippen LogP) is 5.45. The first kappa shape index (κ1) is 17.8. The molecule has 0 radical (unpaired) electrons. The highest BCUT2D eigenvalue weighted by Gasteiger charge is 2.52. The van der Waals surface area contributed by atoms with E-state index in [-0.39, 0.29) is 17.5 Å². The molecule has 2 rings (SSSR count). The molecule has 6 atom stereocenters. The Labute approximate surface area is 137 Å². The van der Waals surface area contributed by atoms with Crippen LogP contribution in [0.4, 0.5) is 0 Å². The molecule has 22 heavy (non-hydrogen) atoms. The zero-order chi connectivity index (χ0) is 16.5. The Balaban J connectivity index is 1.90. The number of carbonyl (C=O) groups excluding carboxylic acids is 1. The first-order valence-corrected chi connectivity index (χ1v) is 9.50. The Hall–Kier alpha value is -0.530. The van der Waals surface area contributed by atoms with Crippen LogP contribution in [0.5, 0.6) is 0 Å². The summed E-state index contributed by atoms with van der Waals surface area (Å²) >= 11 is 0. The van der Waals surface area contributed by atoms with Crippen molar-refractivity contribution < 1.29 is 9.53 Å². The third-order valence-corrected chi connectivity index (χ3v) is 6.78. The fourth-order valence-electron chi connectivity index (χ4n) is 4.71. The maximum Gasteiger partial charge on any atom is 0.309 e. The maximum absolute atomic E-state index is 12.7. The van der Waals surface area contributed by atoms with Crippen molar-refractivity contribution in [3.05, 3.63) is 0 Å². The van der Waals surface area contributed by atoms with Crippen molar-refractivity contribution >= 4 is 5.97 Å². The summed E-state index contributed by atoms with van der Waals surface area (Å²) in [4.78, 5) is 12.7. The second kappa shape index (κ2) is 6.93. The Kier molecular flexibility index (Phi) is 5.61. The second-order valence-corrected chi connectivity index (χ2v) is 8.73. The molecule has 0 saturated heterocycles. The van der Waals surface area contributed by atoms with Gasteiger partial charge in [0.15, 0.2) is 0 Å². The number of ether oxygens (including phenoxy) is 1. The van der Waals surface area contributed by atoms with E-state index < -0.39 is 0 Å². The highest BCUT2D eigenvalue weighted by atomic mass is 16.6. The molecule has 0 N–H and O–H groups in total. The van der Waals surface area contributed by atoms with Gasteiger partial charge in [0, 0.05) is 0 Å². The Morgan fingerprint density at radius 1 is 1.23 bits per heavy atom. The zero-order valence-electron chi connectivity index (χ0n) is 15.5. The standard InChI is InChI=1S/C20H36O2/c1-7-20(6,10-8-9-13(2)3)22-19(21)18-12-16-11-17(18)15(5)14(16)4/h13-18H,7-12H2,1-6H3. The molecule has 0 aromatic rings. The summed E-state index contributed by atoms with van der Waals surface area (Å²) in [6.07, 6.45) is 6.61. The van der Waals surface area contributed by atoms with Gasteiger partial charge in [0.05, 0.1) is 5.92 Å². The van der Waals surface area contributed by atoms with Crippen LogP contribution in [-0.2, 0) is 9.53 Å². The summed E-state index contributed by atoms with van der Waals surface area (Å²) in [7, 11) is 0. The van der Waals surface area contributed by atoms with E-state index in [0.29, 0.717) is 11.8 Å². The van der Waals surface area contributed by atoms with Gasteiger partial charge in [0.2, 0.25) is 0 Å². The summed E-state index contributed by atoms with van der Waals surface area (Å²) in [5, 5.41) is 0. The quantitative estimate of drug-likeness (QED) is 0.584. The van der Waals surface area contributed by atoms with Crippen molar-refractivity contribution in [3.8, 4) is 0 Å². The van der Waals surface area contributed by atoms with Gasteiger partial charge >= 0.3 is 5.97 Å². The summed E-state index contributed by atoms with van der Waals surface area (Å²) in [6.45, 7) is 13.5. The number of carbonyl (C=O) groups is 1. The van der Waals surface area contributed by atoms with Crippen molar-refractivity contribution in [2.75, 3.05) is 0 Å². The van der Waals surface area contributed by atoms with Crippen molar-refractivity contribution in [1.29, 1.82) is 0 Å². The lowest BCUT2D eigenvalue weighted by Gasteiger charge is -2.34. The minimum absolute atomic E-state index is 0.0974. The zero-order valence-corrected chi connectivity index (χ0v) is 15.5. The molecule has 2 nitrogen and oxygen atoms in total. The normalized spacial score (nSPS) is 36.6. The van der Waals surface area contributed by atoms with Gasteiger partial charge in [0.25, 0.3) is 0 Å². The number of esters is 1. The minimum Gasteiger partial charge on any atom is -0.459 e. The lowest BCUT2D eigenvalue weighted by Crippen LogP contribution is -2.37. The van der Waals surface area contributed by atoms with Gasteiger partial charge in [-0.05, 0) is 68.6 Å². The molecule has 0 amide bonds. The van der Waals surface area contributed by atoms with Crippen LogP contribution >= 0.6 is 0 Å². The molecule has 2 bridgehead atoms. The van der Waals surface area contributed by atoms with E-state index in [1.807, 2.05) is 0 Å². The molecule has 0 spiro atoms. The molecule has 2 aliphatic rings. The van der Waals surface area contributed by atoms with Crippen LogP contribution < -0.4 is 0 Å². The summed E-state index contributed by atoms with van der Waals surface area (Å²) in [5.41, 5.74) is -0.261. The molecular formula is C20H36O2. The van der Waals surface area contributed by atoms with Crippen LogP contribution in [0.1, 0.15) is 80.1 Å². The molecule has 0 heterocycles. The lowest BCUT2D eigenvalue weighted by molar-refractivity contribution is -0.167.